The number of aromatic nitrogens is 1. The van der Waals surface area contributed by atoms with Crippen LogP contribution in [0.25, 0.3) is 0 Å². The Balaban J connectivity index is 3.21. The van der Waals surface area contributed by atoms with Crippen LogP contribution in [-0.4, -0.2) is 20.2 Å². The van der Waals surface area contributed by atoms with Gasteiger partial charge in [-0.3, -0.25) is 4.84 Å². The Bertz CT molecular complexity index is 341. The summed E-state index contributed by atoms with van der Waals surface area (Å²) in [7, 11) is 2.82. The van der Waals surface area contributed by atoms with Gasteiger partial charge in [-0.1, -0.05) is 0 Å². The number of methoxy groups -OCH3 is 1. The standard InChI is InChI=1S/C9H11ClNO3/c1-13-9(12)7-4-3-5-11(14-2)8(7)6-10/h3-5H,6H2,1-2H3/q+1. The number of pyridine rings is 1. The van der Waals surface area contributed by atoms with E-state index in [1.54, 1.807) is 18.3 Å². The molecule has 0 N–H and O–H groups in total. The van der Waals surface area contributed by atoms with Gasteiger partial charge in [-0.2, -0.15) is 0 Å². The highest BCUT2D eigenvalue weighted by Crippen LogP contribution is 2.07. The van der Waals surface area contributed by atoms with E-state index in [1.807, 2.05) is 0 Å². The third kappa shape index (κ3) is 1.96. The summed E-state index contributed by atoms with van der Waals surface area (Å²) < 4.78 is 6.04. The van der Waals surface area contributed by atoms with Gasteiger partial charge < -0.3 is 4.74 Å². The number of nitrogens with zero attached hydrogens (tertiary/aromatic N) is 1. The van der Waals surface area contributed by atoms with E-state index in [9.17, 15) is 4.79 Å². The fourth-order valence-electron chi connectivity index (χ4n) is 1.12. The van der Waals surface area contributed by atoms with E-state index in [-0.39, 0.29) is 5.88 Å². The molecule has 0 radical (unpaired) electrons. The lowest BCUT2D eigenvalue weighted by Gasteiger charge is -2.02. The second-order valence-corrected chi connectivity index (χ2v) is 2.77. The van der Waals surface area contributed by atoms with Crippen molar-refractivity contribution in [1.29, 1.82) is 0 Å². The number of halogens is 1. The van der Waals surface area contributed by atoms with Gasteiger partial charge in [0.2, 0.25) is 6.20 Å². The van der Waals surface area contributed by atoms with E-state index in [1.165, 1.54) is 19.0 Å². The minimum atomic E-state index is -0.424. The summed E-state index contributed by atoms with van der Waals surface area (Å²) in [5, 5.41) is 0. The van der Waals surface area contributed by atoms with Gasteiger partial charge in [0.05, 0.1) is 7.11 Å². The number of carbonyl (C=O) groups is 1. The third-order valence-corrected chi connectivity index (χ3v) is 2.04. The van der Waals surface area contributed by atoms with Crippen LogP contribution in [0.1, 0.15) is 16.1 Å². The van der Waals surface area contributed by atoms with E-state index >= 15 is 0 Å². The quantitative estimate of drug-likeness (QED) is 0.421. The molecule has 0 aromatic carbocycles. The SMILES string of the molecule is COC(=O)c1ccc[n+](OC)c1CCl. The van der Waals surface area contributed by atoms with E-state index in [2.05, 4.69) is 4.74 Å². The predicted molar refractivity (Wildman–Crippen MR) is 50.0 cm³/mol. The Morgan fingerprint density at radius 2 is 2.29 bits per heavy atom. The van der Waals surface area contributed by atoms with Crippen LogP contribution in [-0.2, 0) is 10.6 Å². The van der Waals surface area contributed by atoms with E-state index in [4.69, 9.17) is 16.4 Å². The maximum Gasteiger partial charge on any atom is 0.344 e. The molecule has 14 heavy (non-hydrogen) atoms. The van der Waals surface area contributed by atoms with Crippen molar-refractivity contribution < 1.29 is 19.1 Å². The van der Waals surface area contributed by atoms with Crippen molar-refractivity contribution >= 4 is 17.6 Å². The van der Waals surface area contributed by atoms with E-state index < -0.39 is 5.97 Å². The van der Waals surface area contributed by atoms with Crippen molar-refractivity contribution in [2.75, 3.05) is 14.2 Å². The molecule has 1 rings (SSSR count). The molecule has 0 aliphatic heterocycles. The fraction of sp³-hybridized carbons (Fsp3) is 0.333. The number of alkyl halides is 1. The van der Waals surface area contributed by atoms with Crippen molar-refractivity contribution in [1.82, 2.24) is 0 Å². The summed E-state index contributed by atoms with van der Waals surface area (Å²) >= 11 is 5.71. The lowest BCUT2D eigenvalue weighted by molar-refractivity contribution is -0.890. The van der Waals surface area contributed by atoms with Gasteiger partial charge in [0, 0.05) is 10.8 Å². The van der Waals surface area contributed by atoms with E-state index in [0.29, 0.717) is 11.3 Å². The van der Waals surface area contributed by atoms with E-state index in [0.717, 1.165) is 0 Å². The van der Waals surface area contributed by atoms with Crippen LogP contribution in [0.5, 0.6) is 0 Å². The maximum absolute atomic E-state index is 11.3. The minimum Gasteiger partial charge on any atom is -0.465 e. The highest BCUT2D eigenvalue weighted by atomic mass is 35.5. The lowest BCUT2D eigenvalue weighted by atomic mass is 10.2. The molecular weight excluding hydrogens is 206 g/mol. The molecule has 0 atom stereocenters. The first-order valence-electron chi connectivity index (χ1n) is 3.97. The van der Waals surface area contributed by atoms with Crippen LogP contribution < -0.4 is 9.57 Å². The van der Waals surface area contributed by atoms with Crippen molar-refractivity contribution in [3.05, 3.63) is 29.6 Å². The van der Waals surface area contributed by atoms with Gasteiger partial charge in [-0.15, -0.1) is 11.6 Å². The number of rotatable bonds is 3. The van der Waals surface area contributed by atoms with Crippen LogP contribution in [0.2, 0.25) is 0 Å². The predicted octanol–water partition coefficient (Wildman–Crippen LogP) is 0.558. The van der Waals surface area contributed by atoms with Crippen molar-refractivity contribution in [2.45, 2.75) is 5.88 Å². The van der Waals surface area contributed by atoms with Crippen LogP contribution >= 0.6 is 11.6 Å². The molecule has 0 spiro atoms. The molecule has 1 heterocycles. The molecule has 1 aromatic heterocycles. The summed E-state index contributed by atoms with van der Waals surface area (Å²) in [6, 6.07) is 3.32. The smallest absolute Gasteiger partial charge is 0.344 e. The molecule has 0 saturated carbocycles. The third-order valence-electron chi connectivity index (χ3n) is 1.79. The zero-order valence-corrected chi connectivity index (χ0v) is 8.75. The van der Waals surface area contributed by atoms with Gasteiger partial charge in [-0.25, -0.2) is 4.79 Å². The number of esters is 1. The molecule has 1 aromatic rings. The number of hydrogen-bond acceptors (Lipinski definition) is 3. The maximum atomic E-state index is 11.3. The Kier molecular flexibility index (Phi) is 3.71. The summed E-state index contributed by atoms with van der Waals surface area (Å²) in [4.78, 5) is 16.3. The molecule has 0 aliphatic carbocycles. The summed E-state index contributed by atoms with van der Waals surface area (Å²) in [5.74, 6) is -0.244. The van der Waals surface area contributed by atoms with Gasteiger partial charge >= 0.3 is 5.97 Å². The molecule has 0 fully saturated rings. The average Bonchev–Trinajstić information content (AvgIpc) is 2.26. The first-order chi connectivity index (χ1) is 6.74. The summed E-state index contributed by atoms with van der Waals surface area (Å²) in [6.07, 6.45) is 1.67. The Morgan fingerprint density at radius 1 is 1.57 bits per heavy atom. The second kappa shape index (κ2) is 4.81. The minimum absolute atomic E-state index is 0.180. The van der Waals surface area contributed by atoms with Gasteiger partial charge in [0.1, 0.15) is 18.6 Å². The van der Waals surface area contributed by atoms with Gasteiger partial charge in [0.25, 0.3) is 5.69 Å². The Hall–Kier alpha value is -1.29. The monoisotopic (exact) mass is 216 g/mol. The fourth-order valence-corrected chi connectivity index (χ4v) is 1.38. The normalized spacial score (nSPS) is 9.64. The molecule has 76 valence electrons. The molecule has 0 saturated heterocycles. The van der Waals surface area contributed by atoms with Crippen LogP contribution in [0.4, 0.5) is 0 Å². The van der Waals surface area contributed by atoms with Gasteiger partial charge in [0.15, 0.2) is 0 Å². The number of hydrogen-bond donors (Lipinski definition) is 0. The molecule has 4 nitrogen and oxygen atoms in total. The average molecular weight is 217 g/mol. The first-order valence-corrected chi connectivity index (χ1v) is 4.50. The zero-order valence-electron chi connectivity index (χ0n) is 7.99. The van der Waals surface area contributed by atoms with Crippen molar-refractivity contribution in [3.8, 4) is 0 Å². The zero-order chi connectivity index (χ0) is 10.6. The number of ether oxygens (including phenoxy) is 1. The molecule has 0 unspecified atom stereocenters. The summed E-state index contributed by atoms with van der Waals surface area (Å²) in [6.45, 7) is 0. The highest BCUT2D eigenvalue weighted by Gasteiger charge is 2.21. The second-order valence-electron chi connectivity index (χ2n) is 2.50. The Labute approximate surface area is 87.0 Å². The molecule has 0 bridgehead atoms. The molecule has 5 heteroatoms. The molecular formula is C9H11ClNO3+. The number of carbonyl (C=O) groups excluding carboxylic acids is 1. The largest absolute Gasteiger partial charge is 0.465 e. The lowest BCUT2D eigenvalue weighted by Crippen LogP contribution is -2.45. The van der Waals surface area contributed by atoms with Crippen LogP contribution in [0, 0.1) is 0 Å². The summed E-state index contributed by atoms with van der Waals surface area (Å²) in [5.41, 5.74) is 0.982. The van der Waals surface area contributed by atoms with Gasteiger partial charge in [-0.05, 0) is 6.07 Å². The Morgan fingerprint density at radius 3 is 2.79 bits per heavy atom. The van der Waals surface area contributed by atoms with Crippen LogP contribution in [0.15, 0.2) is 18.3 Å². The van der Waals surface area contributed by atoms with Crippen molar-refractivity contribution in [2.24, 2.45) is 0 Å². The highest BCUT2D eigenvalue weighted by molar-refractivity contribution is 6.17. The van der Waals surface area contributed by atoms with Crippen molar-refractivity contribution in [3.63, 3.8) is 0 Å². The molecule has 0 aliphatic rings. The molecule has 0 amide bonds. The van der Waals surface area contributed by atoms with Crippen LogP contribution in [0.3, 0.4) is 0 Å². The first kappa shape index (κ1) is 10.8. The topological polar surface area (TPSA) is 39.4 Å².